The zero-order valence-corrected chi connectivity index (χ0v) is 11.6. The van der Waals surface area contributed by atoms with Crippen molar-refractivity contribution in [2.45, 2.75) is 27.2 Å². The monoisotopic (exact) mass is 243 g/mol. The molecule has 2 rings (SSSR count). The predicted octanol–water partition coefficient (Wildman–Crippen LogP) is 2.51. The minimum atomic E-state index is 0.650. The standard InChI is InChI=1S/C15H21N3/c1-10-5-6-13(11(2)9-10)15-12(3)17-18(4)14(15)7-8-16/h5-6,9H,7-8,16H2,1-4H3. The molecule has 0 saturated carbocycles. The quantitative estimate of drug-likeness (QED) is 0.900. The van der Waals surface area contributed by atoms with Crippen LogP contribution in [0.25, 0.3) is 11.1 Å². The summed E-state index contributed by atoms with van der Waals surface area (Å²) in [4.78, 5) is 0. The van der Waals surface area contributed by atoms with Gasteiger partial charge in [-0.05, 0) is 38.4 Å². The van der Waals surface area contributed by atoms with Gasteiger partial charge in [-0.25, -0.2) is 0 Å². The Morgan fingerprint density at radius 3 is 2.56 bits per heavy atom. The van der Waals surface area contributed by atoms with Gasteiger partial charge in [-0.1, -0.05) is 23.8 Å². The van der Waals surface area contributed by atoms with Gasteiger partial charge in [0.1, 0.15) is 0 Å². The molecular weight excluding hydrogens is 222 g/mol. The number of benzene rings is 1. The Hall–Kier alpha value is -1.61. The van der Waals surface area contributed by atoms with Gasteiger partial charge in [-0.2, -0.15) is 5.10 Å². The van der Waals surface area contributed by atoms with Crippen LogP contribution in [-0.2, 0) is 13.5 Å². The molecule has 3 heteroatoms. The summed E-state index contributed by atoms with van der Waals surface area (Å²) >= 11 is 0. The van der Waals surface area contributed by atoms with Crippen LogP contribution in [0.4, 0.5) is 0 Å². The summed E-state index contributed by atoms with van der Waals surface area (Å²) in [6.07, 6.45) is 0.861. The molecule has 0 fully saturated rings. The highest BCUT2D eigenvalue weighted by molar-refractivity contribution is 5.72. The molecule has 1 aromatic carbocycles. The molecule has 0 unspecified atom stereocenters. The number of rotatable bonds is 3. The summed E-state index contributed by atoms with van der Waals surface area (Å²) in [5.41, 5.74) is 13.1. The number of aryl methyl sites for hydroxylation is 4. The van der Waals surface area contributed by atoms with E-state index in [1.807, 2.05) is 11.7 Å². The van der Waals surface area contributed by atoms with E-state index in [0.29, 0.717) is 6.54 Å². The van der Waals surface area contributed by atoms with Crippen molar-refractivity contribution in [3.05, 3.63) is 40.7 Å². The Morgan fingerprint density at radius 1 is 1.22 bits per heavy atom. The van der Waals surface area contributed by atoms with E-state index < -0.39 is 0 Å². The molecule has 2 N–H and O–H groups in total. The third kappa shape index (κ3) is 2.18. The molecule has 18 heavy (non-hydrogen) atoms. The second-order valence-corrected chi connectivity index (χ2v) is 4.89. The summed E-state index contributed by atoms with van der Waals surface area (Å²) < 4.78 is 1.96. The molecule has 96 valence electrons. The molecule has 0 amide bonds. The lowest BCUT2D eigenvalue weighted by molar-refractivity contribution is 0.701. The van der Waals surface area contributed by atoms with Crippen molar-refractivity contribution in [3.63, 3.8) is 0 Å². The fourth-order valence-corrected chi connectivity index (χ4v) is 2.57. The normalized spacial score (nSPS) is 10.9. The van der Waals surface area contributed by atoms with Gasteiger partial charge in [-0.3, -0.25) is 4.68 Å². The largest absolute Gasteiger partial charge is 0.330 e. The lowest BCUT2D eigenvalue weighted by atomic mass is 9.96. The average molecular weight is 243 g/mol. The minimum absolute atomic E-state index is 0.650. The molecular formula is C15H21N3. The Kier molecular flexibility index (Phi) is 3.53. The predicted molar refractivity (Wildman–Crippen MR) is 75.6 cm³/mol. The van der Waals surface area contributed by atoms with E-state index in [-0.39, 0.29) is 0 Å². The van der Waals surface area contributed by atoms with Crippen molar-refractivity contribution in [2.24, 2.45) is 12.8 Å². The summed E-state index contributed by atoms with van der Waals surface area (Å²) in [5, 5.41) is 4.53. The van der Waals surface area contributed by atoms with E-state index in [2.05, 4.69) is 44.1 Å². The van der Waals surface area contributed by atoms with Crippen LogP contribution in [0.3, 0.4) is 0 Å². The van der Waals surface area contributed by atoms with Crippen LogP contribution >= 0.6 is 0 Å². The van der Waals surface area contributed by atoms with Gasteiger partial charge in [0.2, 0.25) is 0 Å². The van der Waals surface area contributed by atoms with Crippen LogP contribution < -0.4 is 5.73 Å². The number of aromatic nitrogens is 2. The first-order valence-corrected chi connectivity index (χ1v) is 6.34. The summed E-state index contributed by atoms with van der Waals surface area (Å²) in [7, 11) is 1.99. The zero-order valence-electron chi connectivity index (χ0n) is 11.6. The fraction of sp³-hybridized carbons (Fsp3) is 0.400. The summed E-state index contributed by atoms with van der Waals surface area (Å²) in [6.45, 7) is 6.99. The second kappa shape index (κ2) is 4.94. The minimum Gasteiger partial charge on any atom is -0.330 e. The van der Waals surface area contributed by atoms with Gasteiger partial charge in [0.25, 0.3) is 0 Å². The van der Waals surface area contributed by atoms with E-state index in [4.69, 9.17) is 5.73 Å². The van der Waals surface area contributed by atoms with Crippen LogP contribution in [0.2, 0.25) is 0 Å². The average Bonchev–Trinajstić information content (AvgIpc) is 2.56. The molecule has 1 aromatic heterocycles. The van der Waals surface area contributed by atoms with Gasteiger partial charge < -0.3 is 5.73 Å². The van der Waals surface area contributed by atoms with Crippen molar-refractivity contribution in [3.8, 4) is 11.1 Å². The van der Waals surface area contributed by atoms with Crippen molar-refractivity contribution in [2.75, 3.05) is 6.54 Å². The maximum Gasteiger partial charge on any atom is 0.0675 e. The van der Waals surface area contributed by atoms with Crippen molar-refractivity contribution in [1.82, 2.24) is 9.78 Å². The van der Waals surface area contributed by atoms with Crippen LogP contribution in [0.15, 0.2) is 18.2 Å². The van der Waals surface area contributed by atoms with E-state index in [1.54, 1.807) is 0 Å². The maximum absolute atomic E-state index is 5.71. The summed E-state index contributed by atoms with van der Waals surface area (Å²) in [6, 6.07) is 6.56. The van der Waals surface area contributed by atoms with Gasteiger partial charge in [0.05, 0.1) is 5.69 Å². The number of nitrogens with zero attached hydrogens (tertiary/aromatic N) is 2. The molecule has 0 aliphatic rings. The van der Waals surface area contributed by atoms with E-state index in [9.17, 15) is 0 Å². The molecule has 0 spiro atoms. The van der Waals surface area contributed by atoms with Crippen molar-refractivity contribution in [1.29, 1.82) is 0 Å². The van der Waals surface area contributed by atoms with Crippen LogP contribution in [0, 0.1) is 20.8 Å². The van der Waals surface area contributed by atoms with Crippen molar-refractivity contribution >= 4 is 0 Å². The fourth-order valence-electron chi connectivity index (χ4n) is 2.57. The van der Waals surface area contributed by atoms with E-state index in [0.717, 1.165) is 12.1 Å². The Morgan fingerprint density at radius 2 is 1.94 bits per heavy atom. The number of hydrogen-bond donors (Lipinski definition) is 1. The molecule has 1 heterocycles. The highest BCUT2D eigenvalue weighted by atomic mass is 15.3. The first kappa shape index (κ1) is 12.8. The SMILES string of the molecule is Cc1ccc(-c2c(C)nn(C)c2CCN)c(C)c1. The highest BCUT2D eigenvalue weighted by Crippen LogP contribution is 2.30. The van der Waals surface area contributed by atoms with Gasteiger partial charge in [0, 0.05) is 24.7 Å². The second-order valence-electron chi connectivity index (χ2n) is 4.89. The molecule has 2 aromatic rings. The van der Waals surface area contributed by atoms with Crippen LogP contribution in [-0.4, -0.2) is 16.3 Å². The lowest BCUT2D eigenvalue weighted by Gasteiger charge is -2.09. The molecule has 0 radical (unpaired) electrons. The Bertz CT molecular complexity index is 567. The maximum atomic E-state index is 5.71. The lowest BCUT2D eigenvalue weighted by Crippen LogP contribution is -2.08. The van der Waals surface area contributed by atoms with E-state index in [1.165, 1.54) is 27.9 Å². The third-order valence-electron chi connectivity index (χ3n) is 3.37. The molecule has 0 bridgehead atoms. The van der Waals surface area contributed by atoms with Gasteiger partial charge >= 0.3 is 0 Å². The van der Waals surface area contributed by atoms with Gasteiger partial charge in [-0.15, -0.1) is 0 Å². The topological polar surface area (TPSA) is 43.8 Å². The number of nitrogens with two attached hydrogens (primary N) is 1. The van der Waals surface area contributed by atoms with E-state index >= 15 is 0 Å². The first-order valence-electron chi connectivity index (χ1n) is 6.34. The van der Waals surface area contributed by atoms with Crippen LogP contribution in [0.1, 0.15) is 22.5 Å². The molecule has 0 aliphatic heterocycles. The smallest absolute Gasteiger partial charge is 0.0675 e. The van der Waals surface area contributed by atoms with Gasteiger partial charge in [0.15, 0.2) is 0 Å². The first-order chi connectivity index (χ1) is 8.54. The zero-order chi connectivity index (χ0) is 13.3. The summed E-state index contributed by atoms with van der Waals surface area (Å²) in [5.74, 6) is 0. The highest BCUT2D eigenvalue weighted by Gasteiger charge is 2.15. The van der Waals surface area contributed by atoms with Crippen molar-refractivity contribution < 1.29 is 0 Å². The Labute approximate surface area is 109 Å². The Balaban J connectivity index is 2.62. The molecule has 3 nitrogen and oxygen atoms in total. The molecule has 0 saturated heterocycles. The third-order valence-corrected chi connectivity index (χ3v) is 3.37. The molecule has 0 aliphatic carbocycles. The molecule has 0 atom stereocenters. The van der Waals surface area contributed by atoms with Crippen LogP contribution in [0.5, 0.6) is 0 Å². The number of hydrogen-bond acceptors (Lipinski definition) is 2.